The third kappa shape index (κ3) is 4.71. The second-order valence-electron chi connectivity index (χ2n) is 5.48. The molecule has 8 heteroatoms. The van der Waals surface area contributed by atoms with Crippen LogP contribution in [0.25, 0.3) is 11.3 Å². The second kappa shape index (κ2) is 8.31. The first kappa shape index (κ1) is 19.0. The summed E-state index contributed by atoms with van der Waals surface area (Å²) < 4.78 is 0. The summed E-state index contributed by atoms with van der Waals surface area (Å²) in [5.41, 5.74) is 7.85. The summed E-state index contributed by atoms with van der Waals surface area (Å²) in [4.78, 5) is 17.8. The van der Waals surface area contributed by atoms with Gasteiger partial charge in [-0.05, 0) is 49.4 Å². The summed E-state index contributed by atoms with van der Waals surface area (Å²) in [6.07, 6.45) is 0. The highest BCUT2D eigenvalue weighted by atomic mass is 35.5. The zero-order valence-corrected chi connectivity index (χ0v) is 16.8. The minimum Gasteiger partial charge on any atom is -0.399 e. The normalized spacial score (nSPS) is 12.0. The van der Waals surface area contributed by atoms with Crippen molar-refractivity contribution >= 4 is 63.0 Å². The number of hydrogen-bond acceptors (Lipinski definition) is 5. The van der Waals surface area contributed by atoms with Crippen LogP contribution in [0.2, 0.25) is 10.0 Å². The van der Waals surface area contributed by atoms with Gasteiger partial charge in [0.25, 0.3) is 0 Å². The fraction of sp³-hybridized carbons (Fsp3) is 0.111. The molecule has 0 radical (unpaired) electrons. The summed E-state index contributed by atoms with van der Waals surface area (Å²) in [6.45, 7) is 1.85. The van der Waals surface area contributed by atoms with E-state index in [0.717, 1.165) is 10.5 Å². The quantitative estimate of drug-likeness (QED) is 0.400. The van der Waals surface area contributed by atoms with Crippen LogP contribution >= 0.6 is 46.3 Å². The molecular formula is C18H15Cl2N3OS2. The van der Waals surface area contributed by atoms with Crippen LogP contribution in [-0.2, 0) is 4.79 Å². The van der Waals surface area contributed by atoms with Crippen LogP contribution in [0.3, 0.4) is 0 Å². The molecule has 1 heterocycles. The van der Waals surface area contributed by atoms with Crippen molar-refractivity contribution in [3.8, 4) is 11.3 Å². The maximum Gasteiger partial charge on any atom is 0.239 e. The lowest BCUT2D eigenvalue weighted by molar-refractivity contribution is -0.115. The number of nitrogens with two attached hydrogens (primary N) is 1. The fourth-order valence-corrected chi connectivity index (χ4v) is 4.25. The van der Waals surface area contributed by atoms with Crippen molar-refractivity contribution in [1.82, 2.24) is 4.98 Å². The highest BCUT2D eigenvalue weighted by molar-refractivity contribution is 8.00. The van der Waals surface area contributed by atoms with E-state index in [4.69, 9.17) is 28.9 Å². The van der Waals surface area contributed by atoms with Crippen LogP contribution in [0.5, 0.6) is 0 Å². The molecular weight excluding hydrogens is 409 g/mol. The molecule has 4 nitrogen and oxygen atoms in total. The Morgan fingerprint density at radius 3 is 2.65 bits per heavy atom. The van der Waals surface area contributed by atoms with Crippen molar-refractivity contribution in [2.24, 2.45) is 0 Å². The van der Waals surface area contributed by atoms with E-state index >= 15 is 0 Å². The van der Waals surface area contributed by atoms with Crippen molar-refractivity contribution in [2.75, 3.05) is 11.1 Å². The van der Waals surface area contributed by atoms with E-state index in [1.165, 1.54) is 23.1 Å². The molecule has 0 bridgehead atoms. The van der Waals surface area contributed by atoms with E-state index in [1.807, 2.05) is 42.6 Å². The Morgan fingerprint density at radius 1 is 1.23 bits per heavy atom. The van der Waals surface area contributed by atoms with Gasteiger partial charge in [0.2, 0.25) is 5.91 Å². The van der Waals surface area contributed by atoms with Gasteiger partial charge in [0.05, 0.1) is 16.0 Å². The number of nitrogens with one attached hydrogen (secondary N) is 1. The van der Waals surface area contributed by atoms with Crippen LogP contribution in [0.15, 0.2) is 52.7 Å². The van der Waals surface area contributed by atoms with E-state index in [0.29, 0.717) is 26.6 Å². The Bertz CT molecular complexity index is 928. The molecule has 1 atom stereocenters. The molecule has 0 saturated heterocycles. The minimum absolute atomic E-state index is 0.116. The summed E-state index contributed by atoms with van der Waals surface area (Å²) in [6, 6.07) is 12.7. The average Bonchev–Trinajstić information content (AvgIpc) is 3.05. The Morgan fingerprint density at radius 2 is 1.96 bits per heavy atom. The number of nitrogens with zero attached hydrogens (tertiary/aromatic N) is 1. The van der Waals surface area contributed by atoms with Crippen LogP contribution < -0.4 is 11.1 Å². The number of anilines is 2. The molecule has 1 unspecified atom stereocenters. The van der Waals surface area contributed by atoms with Gasteiger partial charge in [0.15, 0.2) is 5.13 Å². The number of thiazole rings is 1. The number of rotatable bonds is 5. The van der Waals surface area contributed by atoms with Crippen LogP contribution in [0.4, 0.5) is 10.8 Å². The van der Waals surface area contributed by atoms with Gasteiger partial charge in [0.1, 0.15) is 0 Å². The Labute approximate surface area is 169 Å². The van der Waals surface area contributed by atoms with E-state index in [1.54, 1.807) is 12.1 Å². The smallest absolute Gasteiger partial charge is 0.239 e. The standard InChI is InChI=1S/C18H15Cl2N3OS2/c1-10(26-13-5-3-12(21)4-6-13)17(24)23-18-22-16(9-25-18)14-7-2-11(19)8-15(14)20/h2-10H,21H2,1H3,(H,22,23,24). The van der Waals surface area contributed by atoms with Crippen molar-refractivity contribution in [2.45, 2.75) is 17.1 Å². The van der Waals surface area contributed by atoms with E-state index < -0.39 is 0 Å². The van der Waals surface area contributed by atoms with Crippen LogP contribution in [0.1, 0.15) is 6.92 Å². The van der Waals surface area contributed by atoms with Crippen LogP contribution in [0, 0.1) is 0 Å². The Balaban J connectivity index is 1.66. The third-order valence-electron chi connectivity index (χ3n) is 3.50. The average molecular weight is 424 g/mol. The molecule has 0 aliphatic carbocycles. The maximum atomic E-state index is 12.4. The zero-order chi connectivity index (χ0) is 18.7. The van der Waals surface area contributed by atoms with E-state index in [2.05, 4.69) is 10.3 Å². The third-order valence-corrected chi connectivity index (χ3v) is 5.92. The lowest BCUT2D eigenvalue weighted by Gasteiger charge is -2.10. The van der Waals surface area contributed by atoms with E-state index in [-0.39, 0.29) is 11.2 Å². The predicted octanol–water partition coefficient (Wildman–Crippen LogP) is 5.82. The number of carbonyl (C=O) groups is 1. The van der Waals surface area contributed by atoms with Crippen molar-refractivity contribution in [3.63, 3.8) is 0 Å². The highest BCUT2D eigenvalue weighted by Gasteiger charge is 2.17. The zero-order valence-electron chi connectivity index (χ0n) is 13.7. The number of amides is 1. The lowest BCUT2D eigenvalue weighted by Crippen LogP contribution is -2.22. The summed E-state index contributed by atoms with van der Waals surface area (Å²) >= 11 is 14.9. The Kier molecular flexibility index (Phi) is 6.09. The predicted molar refractivity (Wildman–Crippen MR) is 112 cm³/mol. The molecule has 134 valence electrons. The first-order valence-corrected chi connectivity index (χ1v) is 10.2. The SMILES string of the molecule is CC(Sc1ccc(N)cc1)C(=O)Nc1nc(-c2ccc(Cl)cc2Cl)cs1. The summed E-state index contributed by atoms with van der Waals surface area (Å²) in [5.74, 6) is -0.116. The van der Waals surface area contributed by atoms with Gasteiger partial charge in [-0.1, -0.05) is 23.2 Å². The lowest BCUT2D eigenvalue weighted by atomic mass is 10.2. The molecule has 1 amide bonds. The van der Waals surface area contributed by atoms with Gasteiger partial charge in [0, 0.05) is 26.5 Å². The van der Waals surface area contributed by atoms with Crippen molar-refractivity contribution < 1.29 is 4.79 Å². The second-order valence-corrected chi connectivity index (χ2v) is 8.60. The van der Waals surface area contributed by atoms with Gasteiger partial charge in [-0.2, -0.15) is 0 Å². The molecule has 0 fully saturated rings. The Hall–Kier alpha value is -1.73. The number of halogens is 2. The first-order chi connectivity index (χ1) is 12.4. The maximum absolute atomic E-state index is 12.4. The van der Waals surface area contributed by atoms with Gasteiger partial charge in [-0.15, -0.1) is 23.1 Å². The number of aromatic nitrogens is 1. The number of carbonyl (C=O) groups excluding carboxylic acids is 1. The molecule has 0 aliphatic heterocycles. The largest absolute Gasteiger partial charge is 0.399 e. The molecule has 1 aromatic heterocycles. The van der Waals surface area contributed by atoms with Gasteiger partial charge in [-0.3, -0.25) is 4.79 Å². The van der Waals surface area contributed by atoms with Gasteiger partial charge in [-0.25, -0.2) is 4.98 Å². The summed E-state index contributed by atoms with van der Waals surface area (Å²) in [5, 5.41) is 6.04. The molecule has 26 heavy (non-hydrogen) atoms. The van der Waals surface area contributed by atoms with Crippen molar-refractivity contribution in [3.05, 3.63) is 57.9 Å². The topological polar surface area (TPSA) is 68.0 Å². The van der Waals surface area contributed by atoms with Gasteiger partial charge >= 0.3 is 0 Å². The van der Waals surface area contributed by atoms with Crippen LogP contribution in [-0.4, -0.2) is 16.1 Å². The van der Waals surface area contributed by atoms with E-state index in [9.17, 15) is 4.79 Å². The fourth-order valence-electron chi connectivity index (χ4n) is 2.16. The molecule has 3 aromatic rings. The van der Waals surface area contributed by atoms with Gasteiger partial charge < -0.3 is 11.1 Å². The molecule has 3 N–H and O–H groups in total. The minimum atomic E-state index is -0.273. The molecule has 2 aromatic carbocycles. The molecule has 3 rings (SSSR count). The van der Waals surface area contributed by atoms with Crippen molar-refractivity contribution in [1.29, 1.82) is 0 Å². The number of thioether (sulfide) groups is 1. The monoisotopic (exact) mass is 423 g/mol. The number of nitrogen functional groups attached to an aromatic ring is 1. The number of benzene rings is 2. The molecule has 0 saturated carbocycles. The first-order valence-electron chi connectivity index (χ1n) is 7.66. The molecule has 0 spiro atoms. The number of hydrogen-bond donors (Lipinski definition) is 2. The summed E-state index contributed by atoms with van der Waals surface area (Å²) in [7, 11) is 0. The molecule has 0 aliphatic rings. The highest BCUT2D eigenvalue weighted by Crippen LogP contribution is 2.33.